The lowest BCUT2D eigenvalue weighted by Gasteiger charge is -2.16. The van der Waals surface area contributed by atoms with Crippen molar-refractivity contribution < 1.29 is 18.4 Å². The maximum atomic E-state index is 14.3. The molecule has 0 bridgehead atoms. The molecule has 1 aliphatic heterocycles. The van der Waals surface area contributed by atoms with Crippen molar-refractivity contribution in [3.05, 3.63) is 54.1 Å². The number of hydrogen-bond donors (Lipinski definition) is 1. The molecule has 0 aromatic heterocycles. The number of nitrogens with zero attached hydrogens (tertiary/aromatic N) is 1. The predicted octanol–water partition coefficient (Wildman–Crippen LogP) is 3.44. The number of carbonyl (C=O) groups is 2. The first-order valence-electron chi connectivity index (χ1n) is 8.06. The molecular weight excluding hydrogens is 326 g/mol. The van der Waals surface area contributed by atoms with Gasteiger partial charge in [0.15, 0.2) is 0 Å². The van der Waals surface area contributed by atoms with Crippen LogP contribution in [0.3, 0.4) is 0 Å². The van der Waals surface area contributed by atoms with Crippen LogP contribution in [0.5, 0.6) is 0 Å². The van der Waals surface area contributed by atoms with Crippen LogP contribution in [0.25, 0.3) is 11.1 Å². The minimum absolute atomic E-state index is 0.0427. The van der Waals surface area contributed by atoms with E-state index in [1.807, 2.05) is 0 Å². The Morgan fingerprint density at radius 1 is 1.16 bits per heavy atom. The van der Waals surface area contributed by atoms with E-state index in [2.05, 4.69) is 5.32 Å². The van der Waals surface area contributed by atoms with Crippen molar-refractivity contribution in [2.24, 2.45) is 5.92 Å². The van der Waals surface area contributed by atoms with Gasteiger partial charge in [-0.25, -0.2) is 8.78 Å². The molecule has 0 radical (unpaired) electrons. The zero-order valence-electron chi connectivity index (χ0n) is 13.8. The highest BCUT2D eigenvalue weighted by Gasteiger charge is 2.30. The fourth-order valence-electron chi connectivity index (χ4n) is 3.03. The van der Waals surface area contributed by atoms with E-state index in [4.69, 9.17) is 0 Å². The first kappa shape index (κ1) is 17.1. The molecule has 1 heterocycles. The van der Waals surface area contributed by atoms with Crippen LogP contribution in [0, 0.1) is 17.6 Å². The summed E-state index contributed by atoms with van der Waals surface area (Å²) in [5.74, 6) is -2.40. The summed E-state index contributed by atoms with van der Waals surface area (Å²) in [5.41, 5.74) is 0.847. The van der Waals surface area contributed by atoms with Crippen LogP contribution in [0.2, 0.25) is 0 Å². The molecule has 2 amide bonds. The average molecular weight is 344 g/mol. The zero-order chi connectivity index (χ0) is 18.0. The molecule has 1 aliphatic rings. The van der Waals surface area contributed by atoms with Gasteiger partial charge in [-0.1, -0.05) is 30.3 Å². The quantitative estimate of drug-likeness (QED) is 0.927. The van der Waals surface area contributed by atoms with Crippen LogP contribution >= 0.6 is 0 Å². The van der Waals surface area contributed by atoms with E-state index in [1.165, 1.54) is 13.0 Å². The molecule has 1 N–H and O–H groups in total. The second kappa shape index (κ2) is 7.01. The lowest BCUT2D eigenvalue weighted by molar-refractivity contribution is -0.128. The predicted molar refractivity (Wildman–Crippen MR) is 90.8 cm³/mol. The normalized spacial score (nSPS) is 16.8. The van der Waals surface area contributed by atoms with Crippen molar-refractivity contribution in [1.29, 1.82) is 0 Å². The SMILES string of the molecule is CC(=O)N1CCC(C(=O)Nc2c(F)cc(F)cc2-c2ccccc2)C1. The minimum atomic E-state index is -0.825. The molecule has 2 aromatic rings. The fourth-order valence-corrected chi connectivity index (χ4v) is 3.03. The van der Waals surface area contributed by atoms with Crippen molar-refractivity contribution >= 4 is 17.5 Å². The van der Waals surface area contributed by atoms with E-state index in [9.17, 15) is 18.4 Å². The third kappa shape index (κ3) is 3.68. The molecule has 6 heteroatoms. The largest absolute Gasteiger partial charge is 0.342 e. The van der Waals surface area contributed by atoms with Gasteiger partial charge < -0.3 is 10.2 Å². The van der Waals surface area contributed by atoms with Crippen LogP contribution in [-0.2, 0) is 9.59 Å². The molecule has 0 aliphatic carbocycles. The van der Waals surface area contributed by atoms with Gasteiger partial charge in [0, 0.05) is 31.6 Å². The van der Waals surface area contributed by atoms with Crippen LogP contribution in [0.15, 0.2) is 42.5 Å². The Hall–Kier alpha value is -2.76. The summed E-state index contributed by atoms with van der Waals surface area (Å²) in [6.45, 7) is 2.27. The molecule has 0 spiro atoms. The van der Waals surface area contributed by atoms with Crippen LogP contribution < -0.4 is 5.32 Å². The highest BCUT2D eigenvalue weighted by Crippen LogP contribution is 2.32. The van der Waals surface area contributed by atoms with Crippen LogP contribution in [0.4, 0.5) is 14.5 Å². The fraction of sp³-hybridized carbons (Fsp3) is 0.263. The van der Waals surface area contributed by atoms with Crippen molar-refractivity contribution in [1.82, 2.24) is 4.90 Å². The standard InChI is InChI=1S/C19H18F2N2O2/c1-12(24)23-8-7-14(11-23)19(25)22-18-16(9-15(20)10-17(18)21)13-5-3-2-4-6-13/h2-6,9-10,14H,7-8,11H2,1H3,(H,22,25). The van der Waals surface area contributed by atoms with Gasteiger partial charge in [0.1, 0.15) is 11.6 Å². The van der Waals surface area contributed by atoms with Gasteiger partial charge in [-0.05, 0) is 18.1 Å². The highest BCUT2D eigenvalue weighted by atomic mass is 19.1. The molecule has 2 aromatic carbocycles. The van der Waals surface area contributed by atoms with Gasteiger partial charge in [0.2, 0.25) is 11.8 Å². The molecule has 4 nitrogen and oxygen atoms in total. The van der Waals surface area contributed by atoms with E-state index in [1.54, 1.807) is 35.2 Å². The highest BCUT2D eigenvalue weighted by molar-refractivity contribution is 5.97. The number of anilines is 1. The second-order valence-electron chi connectivity index (χ2n) is 6.12. The Balaban J connectivity index is 1.87. The monoisotopic (exact) mass is 344 g/mol. The molecule has 1 atom stereocenters. The lowest BCUT2D eigenvalue weighted by atomic mass is 10.0. The topological polar surface area (TPSA) is 49.4 Å². The summed E-state index contributed by atoms with van der Waals surface area (Å²) < 4.78 is 28.0. The Labute approximate surface area is 144 Å². The van der Waals surface area contributed by atoms with E-state index >= 15 is 0 Å². The Bertz CT molecular complexity index is 809. The molecule has 130 valence electrons. The number of amides is 2. The zero-order valence-corrected chi connectivity index (χ0v) is 13.8. The van der Waals surface area contributed by atoms with Gasteiger partial charge >= 0.3 is 0 Å². The molecule has 25 heavy (non-hydrogen) atoms. The molecule has 1 saturated heterocycles. The van der Waals surface area contributed by atoms with Crippen LogP contribution in [0.1, 0.15) is 13.3 Å². The Kier molecular flexibility index (Phi) is 4.79. The van der Waals surface area contributed by atoms with E-state index in [0.717, 1.165) is 6.07 Å². The molecule has 1 fully saturated rings. The maximum absolute atomic E-state index is 14.3. The van der Waals surface area contributed by atoms with Crippen molar-refractivity contribution in [2.45, 2.75) is 13.3 Å². The summed E-state index contributed by atoms with van der Waals surface area (Å²) in [6, 6.07) is 10.7. The minimum Gasteiger partial charge on any atom is -0.342 e. The molecule has 0 saturated carbocycles. The van der Waals surface area contributed by atoms with Crippen molar-refractivity contribution in [2.75, 3.05) is 18.4 Å². The van der Waals surface area contributed by atoms with Gasteiger partial charge in [0.25, 0.3) is 0 Å². The number of rotatable bonds is 3. The third-order valence-corrected chi connectivity index (χ3v) is 4.39. The number of benzene rings is 2. The van der Waals surface area contributed by atoms with E-state index in [-0.39, 0.29) is 23.1 Å². The third-order valence-electron chi connectivity index (χ3n) is 4.39. The van der Waals surface area contributed by atoms with Gasteiger partial charge in [0.05, 0.1) is 11.6 Å². The average Bonchev–Trinajstić information content (AvgIpc) is 3.08. The lowest BCUT2D eigenvalue weighted by Crippen LogP contribution is -2.30. The smallest absolute Gasteiger partial charge is 0.229 e. The Morgan fingerprint density at radius 2 is 1.88 bits per heavy atom. The number of likely N-dealkylation sites (tertiary alicyclic amines) is 1. The molecule has 3 rings (SSSR count). The van der Waals surface area contributed by atoms with Gasteiger partial charge in [-0.3, -0.25) is 9.59 Å². The Morgan fingerprint density at radius 3 is 2.52 bits per heavy atom. The first-order valence-corrected chi connectivity index (χ1v) is 8.06. The number of carbonyl (C=O) groups excluding carboxylic acids is 2. The van der Waals surface area contributed by atoms with E-state index in [0.29, 0.717) is 25.1 Å². The summed E-state index contributed by atoms with van der Waals surface area (Å²) in [5, 5.41) is 2.59. The summed E-state index contributed by atoms with van der Waals surface area (Å²) in [7, 11) is 0. The summed E-state index contributed by atoms with van der Waals surface area (Å²) >= 11 is 0. The maximum Gasteiger partial charge on any atom is 0.229 e. The second-order valence-corrected chi connectivity index (χ2v) is 6.12. The molecular formula is C19H18F2N2O2. The van der Waals surface area contributed by atoms with Gasteiger partial charge in [-0.15, -0.1) is 0 Å². The number of halogens is 2. The molecule has 1 unspecified atom stereocenters. The van der Waals surface area contributed by atoms with Crippen molar-refractivity contribution in [3.63, 3.8) is 0 Å². The number of nitrogens with one attached hydrogen (secondary N) is 1. The van der Waals surface area contributed by atoms with Gasteiger partial charge in [-0.2, -0.15) is 0 Å². The van der Waals surface area contributed by atoms with E-state index < -0.39 is 17.6 Å². The van der Waals surface area contributed by atoms with Crippen LogP contribution in [-0.4, -0.2) is 29.8 Å². The van der Waals surface area contributed by atoms with Crippen molar-refractivity contribution in [3.8, 4) is 11.1 Å². The summed E-state index contributed by atoms with van der Waals surface area (Å²) in [4.78, 5) is 25.5. The summed E-state index contributed by atoms with van der Waals surface area (Å²) in [6.07, 6.45) is 0.523. The number of hydrogen-bond acceptors (Lipinski definition) is 2. The first-order chi connectivity index (χ1) is 12.0.